The van der Waals surface area contributed by atoms with Gasteiger partial charge in [-0.2, -0.15) is 0 Å². The summed E-state index contributed by atoms with van der Waals surface area (Å²) in [5.74, 6) is -2.96. The molecule has 3 fully saturated rings. The minimum absolute atomic E-state index is 0.178. The van der Waals surface area contributed by atoms with Crippen LogP contribution in [0.1, 0.15) is 51.0 Å². The molecule has 45 heavy (non-hydrogen) atoms. The number of rotatable bonds is 15. The van der Waals surface area contributed by atoms with E-state index in [1.165, 1.54) is 4.90 Å². The zero-order chi connectivity index (χ0) is 32.2. The number of likely N-dealkylation sites (tertiary alicyclic amines) is 1. The lowest BCUT2D eigenvalue weighted by Crippen LogP contribution is -2.59. The van der Waals surface area contributed by atoms with Gasteiger partial charge in [-0.1, -0.05) is 61.0 Å². The molecule has 3 aliphatic rings. The summed E-state index contributed by atoms with van der Waals surface area (Å²) < 4.78 is 12.7. The van der Waals surface area contributed by atoms with E-state index in [2.05, 4.69) is 13.2 Å². The number of fused-ring (bicyclic) bond motifs is 1. The number of amides is 2. The second-order valence-corrected chi connectivity index (χ2v) is 12.7. The molecule has 2 unspecified atom stereocenters. The highest BCUT2D eigenvalue weighted by Crippen LogP contribution is 2.65. The van der Waals surface area contributed by atoms with Crippen molar-refractivity contribution in [2.45, 2.75) is 75.2 Å². The number of carbonyl (C=O) groups is 3. The first-order valence-corrected chi connectivity index (χ1v) is 16.3. The van der Waals surface area contributed by atoms with Gasteiger partial charge in [0.05, 0.1) is 30.8 Å². The monoisotopic (exact) mass is 634 g/mol. The Kier molecular flexibility index (Phi) is 10.2. The summed E-state index contributed by atoms with van der Waals surface area (Å²) in [7, 11) is 0. The number of nitrogens with zero attached hydrogens (tertiary/aromatic N) is 2. The maximum atomic E-state index is 14.9. The Bertz CT molecular complexity index is 1400. The van der Waals surface area contributed by atoms with E-state index in [4.69, 9.17) is 21.1 Å². The molecule has 3 aliphatic heterocycles. The van der Waals surface area contributed by atoms with Crippen LogP contribution in [0, 0.1) is 11.8 Å². The molecule has 1 spiro atoms. The molecule has 2 amide bonds. The lowest BCUT2D eigenvalue weighted by atomic mass is 9.65. The molecule has 0 aliphatic carbocycles. The van der Waals surface area contributed by atoms with E-state index in [0.29, 0.717) is 42.8 Å². The van der Waals surface area contributed by atoms with Crippen LogP contribution in [-0.2, 0) is 30.3 Å². The number of allylic oxidation sites excluding steroid dienone is 1. The van der Waals surface area contributed by atoms with Crippen molar-refractivity contribution in [3.8, 4) is 0 Å². The molecule has 5 rings (SSSR count). The third-order valence-corrected chi connectivity index (χ3v) is 10.0. The second kappa shape index (κ2) is 13.9. The zero-order valence-corrected chi connectivity index (χ0v) is 26.7. The van der Waals surface area contributed by atoms with Gasteiger partial charge in [-0.3, -0.25) is 14.4 Å². The van der Waals surface area contributed by atoms with E-state index >= 15 is 0 Å². The van der Waals surface area contributed by atoms with Crippen molar-refractivity contribution in [3.63, 3.8) is 0 Å². The van der Waals surface area contributed by atoms with Crippen molar-refractivity contribution in [1.29, 1.82) is 0 Å². The molecule has 2 bridgehead atoms. The number of ether oxygens (including phenoxy) is 2. The van der Waals surface area contributed by atoms with Crippen molar-refractivity contribution in [3.05, 3.63) is 90.5 Å². The summed E-state index contributed by atoms with van der Waals surface area (Å²) in [5, 5.41) is 11.3. The van der Waals surface area contributed by atoms with Crippen LogP contribution in [0.4, 0.5) is 5.69 Å². The van der Waals surface area contributed by atoms with Crippen LogP contribution in [0.15, 0.2) is 79.9 Å². The minimum atomic E-state index is -1.26. The fourth-order valence-electron chi connectivity index (χ4n) is 7.70. The van der Waals surface area contributed by atoms with Gasteiger partial charge in [0.15, 0.2) is 0 Å². The van der Waals surface area contributed by atoms with Crippen molar-refractivity contribution < 1.29 is 29.0 Å². The van der Waals surface area contributed by atoms with Gasteiger partial charge in [0.25, 0.3) is 5.91 Å². The van der Waals surface area contributed by atoms with Gasteiger partial charge in [-0.25, -0.2) is 0 Å². The van der Waals surface area contributed by atoms with Crippen LogP contribution in [0.3, 0.4) is 0 Å². The first-order chi connectivity index (χ1) is 21.8. The Balaban J connectivity index is 1.57. The predicted molar refractivity (Wildman–Crippen MR) is 174 cm³/mol. The molecule has 0 saturated carbocycles. The number of aliphatic hydroxyl groups is 1. The number of unbranched alkanes of at least 4 members (excludes halogenated alkanes) is 2. The summed E-state index contributed by atoms with van der Waals surface area (Å²) in [4.78, 5) is 46.6. The van der Waals surface area contributed by atoms with Crippen molar-refractivity contribution >= 4 is 35.1 Å². The smallest absolute Gasteiger partial charge is 0.312 e. The van der Waals surface area contributed by atoms with Crippen LogP contribution in [0.25, 0.3) is 0 Å². The van der Waals surface area contributed by atoms with Gasteiger partial charge in [-0.15, -0.1) is 13.2 Å². The van der Waals surface area contributed by atoms with E-state index in [1.54, 1.807) is 35.2 Å². The summed E-state index contributed by atoms with van der Waals surface area (Å²) >= 11 is 6.17. The van der Waals surface area contributed by atoms with Crippen LogP contribution in [-0.4, -0.2) is 70.8 Å². The highest BCUT2D eigenvalue weighted by molar-refractivity contribution is 6.30. The molecule has 0 aromatic heterocycles. The molecule has 8 nitrogen and oxygen atoms in total. The Morgan fingerprint density at radius 2 is 1.87 bits per heavy atom. The van der Waals surface area contributed by atoms with Crippen molar-refractivity contribution in [2.24, 2.45) is 11.8 Å². The molecule has 6 atom stereocenters. The molecule has 2 aromatic rings. The third-order valence-electron chi connectivity index (χ3n) is 9.79. The van der Waals surface area contributed by atoms with Gasteiger partial charge < -0.3 is 24.4 Å². The Hall–Kier alpha value is -3.46. The Labute approximate surface area is 270 Å². The number of aliphatic hydroxyl groups excluding tert-OH is 1. The van der Waals surface area contributed by atoms with E-state index in [9.17, 15) is 19.5 Å². The summed E-state index contributed by atoms with van der Waals surface area (Å²) in [6, 6.07) is 14.7. The van der Waals surface area contributed by atoms with E-state index in [-0.39, 0.29) is 31.6 Å². The topological polar surface area (TPSA) is 96.4 Å². The Morgan fingerprint density at radius 3 is 2.51 bits per heavy atom. The number of benzene rings is 2. The van der Waals surface area contributed by atoms with Gasteiger partial charge in [0.1, 0.15) is 17.6 Å². The van der Waals surface area contributed by atoms with Gasteiger partial charge in [0.2, 0.25) is 5.91 Å². The van der Waals surface area contributed by atoms with E-state index < -0.39 is 41.1 Å². The SMILES string of the molecule is C=CCCCCOC(=O)[C@H]1[C@H]2C(=O)N([C@@H](CO)Cc3ccccc3)C(C(=O)N(CC=C)c3ccc(Cl)cc3)C23CC[C@]1(CC)O3. The summed E-state index contributed by atoms with van der Waals surface area (Å²) in [6.07, 6.45) is 7.58. The van der Waals surface area contributed by atoms with Crippen molar-refractivity contribution in [1.82, 2.24) is 4.90 Å². The molecule has 240 valence electrons. The van der Waals surface area contributed by atoms with Crippen LogP contribution < -0.4 is 4.90 Å². The number of anilines is 1. The fourth-order valence-corrected chi connectivity index (χ4v) is 7.82. The van der Waals surface area contributed by atoms with Crippen molar-refractivity contribution in [2.75, 3.05) is 24.7 Å². The number of halogens is 1. The van der Waals surface area contributed by atoms with Gasteiger partial charge >= 0.3 is 5.97 Å². The predicted octanol–water partition coefficient (Wildman–Crippen LogP) is 5.52. The number of carbonyl (C=O) groups excluding carboxylic acids is 3. The van der Waals surface area contributed by atoms with Gasteiger partial charge in [-0.05, 0) is 74.8 Å². The lowest BCUT2D eigenvalue weighted by molar-refractivity contribution is -0.162. The highest BCUT2D eigenvalue weighted by atomic mass is 35.5. The molecule has 1 N–H and O–H groups in total. The van der Waals surface area contributed by atoms with Gasteiger partial charge in [0, 0.05) is 17.3 Å². The standard InChI is InChI=1S/C36H43ClN2O6/c1-4-7-8-12-22-44-34(43)30-29-32(41)39(28(24-40)23-25-13-10-9-11-14-25)31(36(29)20-19-35(30,6-3)45-36)33(42)38(21-5-2)27-17-15-26(37)16-18-27/h4-5,9-11,13-18,28-31,40H,1-2,6-8,12,19-24H2,3H3/t28-,29+,30-,31?,35+,36?/m1/s1. The summed E-state index contributed by atoms with van der Waals surface area (Å²) in [6.45, 7) is 9.61. The van der Waals surface area contributed by atoms with Crippen LogP contribution in [0.5, 0.6) is 0 Å². The molecular weight excluding hydrogens is 592 g/mol. The first kappa shape index (κ1) is 32.9. The Morgan fingerprint density at radius 1 is 1.13 bits per heavy atom. The van der Waals surface area contributed by atoms with Crippen LogP contribution >= 0.6 is 11.6 Å². The number of esters is 1. The molecular formula is C36H43ClN2O6. The van der Waals surface area contributed by atoms with E-state index in [0.717, 1.165) is 18.4 Å². The second-order valence-electron chi connectivity index (χ2n) is 12.3. The largest absolute Gasteiger partial charge is 0.465 e. The average molecular weight is 635 g/mol. The molecule has 9 heteroatoms. The maximum absolute atomic E-state index is 14.9. The lowest BCUT2D eigenvalue weighted by Gasteiger charge is -2.39. The maximum Gasteiger partial charge on any atom is 0.312 e. The fraction of sp³-hybridized carbons (Fsp3) is 0.472. The number of hydrogen-bond acceptors (Lipinski definition) is 6. The highest BCUT2D eigenvalue weighted by Gasteiger charge is 2.79. The minimum Gasteiger partial charge on any atom is -0.465 e. The average Bonchev–Trinajstić information content (AvgIpc) is 3.66. The quantitative estimate of drug-likeness (QED) is 0.158. The first-order valence-electron chi connectivity index (χ1n) is 15.9. The van der Waals surface area contributed by atoms with Crippen LogP contribution in [0.2, 0.25) is 5.02 Å². The number of hydrogen-bond donors (Lipinski definition) is 1. The molecule has 0 radical (unpaired) electrons. The van der Waals surface area contributed by atoms with E-state index in [1.807, 2.05) is 43.3 Å². The molecule has 2 aromatic carbocycles. The third kappa shape index (κ3) is 5.96. The normalized spacial score (nSPS) is 27.2. The molecule has 3 heterocycles. The zero-order valence-electron chi connectivity index (χ0n) is 25.9. The summed E-state index contributed by atoms with van der Waals surface area (Å²) in [5.41, 5.74) is -0.669. The molecule has 3 saturated heterocycles.